The summed E-state index contributed by atoms with van der Waals surface area (Å²) < 4.78 is 5.94. The molecule has 2 rings (SSSR count). The first-order valence-corrected chi connectivity index (χ1v) is 6.13. The lowest BCUT2D eigenvalue weighted by atomic mass is 10.2. The maximum Gasteiger partial charge on any atom is 0.129 e. The van der Waals surface area contributed by atoms with E-state index < -0.39 is 0 Å². The third kappa shape index (κ3) is 3.08. The summed E-state index contributed by atoms with van der Waals surface area (Å²) in [5, 5.41) is 4.30. The van der Waals surface area contributed by atoms with Gasteiger partial charge in [-0.3, -0.25) is 4.98 Å². The van der Waals surface area contributed by atoms with Gasteiger partial charge >= 0.3 is 0 Å². The van der Waals surface area contributed by atoms with E-state index in [1.54, 1.807) is 6.20 Å². The van der Waals surface area contributed by atoms with E-state index in [0.717, 1.165) is 29.7 Å². The Balaban J connectivity index is 2.09. The van der Waals surface area contributed by atoms with Crippen molar-refractivity contribution in [3.05, 3.63) is 49.2 Å². The first kappa shape index (κ1) is 12.6. The molecule has 1 atom stereocenters. The highest BCUT2D eigenvalue weighted by atomic mass is 16.5. The number of pyridine rings is 1. The van der Waals surface area contributed by atoms with Crippen LogP contribution in [-0.2, 0) is 0 Å². The Morgan fingerprint density at radius 1 is 1.39 bits per heavy atom. The van der Waals surface area contributed by atoms with Crippen molar-refractivity contribution < 1.29 is 4.74 Å². The van der Waals surface area contributed by atoms with Crippen LogP contribution in [0.15, 0.2) is 49.2 Å². The third-order valence-electron chi connectivity index (χ3n) is 2.65. The number of ether oxygens (including phenoxy) is 1. The Morgan fingerprint density at radius 2 is 2.28 bits per heavy atom. The number of fused-ring (bicyclic) bond motifs is 1. The lowest BCUT2D eigenvalue weighted by molar-refractivity contribution is 0.222. The van der Waals surface area contributed by atoms with Crippen molar-refractivity contribution in [2.45, 2.75) is 13.0 Å². The van der Waals surface area contributed by atoms with Gasteiger partial charge in [0.2, 0.25) is 0 Å². The molecule has 1 aromatic carbocycles. The predicted octanol–water partition coefficient (Wildman–Crippen LogP) is 2.78. The van der Waals surface area contributed by atoms with Crippen molar-refractivity contribution in [2.24, 2.45) is 0 Å². The zero-order valence-corrected chi connectivity index (χ0v) is 10.6. The number of hydrogen-bond acceptors (Lipinski definition) is 3. The van der Waals surface area contributed by atoms with Gasteiger partial charge in [0.15, 0.2) is 0 Å². The van der Waals surface area contributed by atoms with E-state index in [2.05, 4.69) is 16.9 Å². The molecule has 0 saturated heterocycles. The third-order valence-corrected chi connectivity index (χ3v) is 2.65. The summed E-state index contributed by atoms with van der Waals surface area (Å²) in [5.74, 6) is 0.883. The van der Waals surface area contributed by atoms with Gasteiger partial charge in [0, 0.05) is 24.7 Å². The lowest BCUT2D eigenvalue weighted by Gasteiger charge is -2.16. The first-order valence-electron chi connectivity index (χ1n) is 6.13. The molecule has 0 saturated carbocycles. The lowest BCUT2D eigenvalue weighted by Crippen LogP contribution is -2.29. The Morgan fingerprint density at radius 3 is 3.11 bits per heavy atom. The van der Waals surface area contributed by atoms with E-state index in [1.807, 2.05) is 43.3 Å². The fourth-order valence-corrected chi connectivity index (χ4v) is 1.82. The van der Waals surface area contributed by atoms with Crippen LogP contribution in [0.25, 0.3) is 10.9 Å². The van der Waals surface area contributed by atoms with Gasteiger partial charge in [-0.25, -0.2) is 0 Å². The smallest absolute Gasteiger partial charge is 0.129 e. The summed E-state index contributed by atoms with van der Waals surface area (Å²) >= 11 is 0. The van der Waals surface area contributed by atoms with Gasteiger partial charge in [0.05, 0.1) is 5.52 Å². The number of rotatable bonds is 6. The minimum Gasteiger partial charge on any atom is -0.489 e. The first-order chi connectivity index (χ1) is 8.81. The minimum atomic E-state index is 0.107. The molecule has 3 heteroatoms. The zero-order chi connectivity index (χ0) is 12.8. The highest BCUT2D eigenvalue weighted by Gasteiger charge is 2.06. The van der Waals surface area contributed by atoms with Crippen molar-refractivity contribution in [1.29, 1.82) is 0 Å². The van der Waals surface area contributed by atoms with Crippen molar-refractivity contribution in [3.8, 4) is 5.75 Å². The van der Waals surface area contributed by atoms with Crippen LogP contribution in [0, 0.1) is 0 Å². The standard InChI is InChI=1S/C15H18N2O/c1-3-9-16-11-12(2)18-15-8-4-7-14-13(15)6-5-10-17-14/h3-8,10,12,16H,1,9,11H2,2H3. The Labute approximate surface area is 107 Å². The molecule has 3 nitrogen and oxygen atoms in total. The van der Waals surface area contributed by atoms with Crippen molar-refractivity contribution in [1.82, 2.24) is 10.3 Å². The van der Waals surface area contributed by atoms with Crippen molar-refractivity contribution in [2.75, 3.05) is 13.1 Å². The van der Waals surface area contributed by atoms with E-state index in [-0.39, 0.29) is 6.10 Å². The quantitative estimate of drug-likeness (QED) is 0.624. The van der Waals surface area contributed by atoms with Gasteiger partial charge in [-0.2, -0.15) is 0 Å². The van der Waals surface area contributed by atoms with Crippen LogP contribution >= 0.6 is 0 Å². The van der Waals surface area contributed by atoms with Gasteiger partial charge in [-0.15, -0.1) is 6.58 Å². The summed E-state index contributed by atoms with van der Waals surface area (Å²) in [6.07, 6.45) is 3.74. The number of hydrogen-bond donors (Lipinski definition) is 1. The second-order valence-corrected chi connectivity index (χ2v) is 4.20. The number of benzene rings is 1. The maximum absolute atomic E-state index is 5.94. The summed E-state index contributed by atoms with van der Waals surface area (Å²) in [7, 11) is 0. The van der Waals surface area contributed by atoms with Crippen LogP contribution in [0.2, 0.25) is 0 Å². The van der Waals surface area contributed by atoms with E-state index >= 15 is 0 Å². The van der Waals surface area contributed by atoms with Gasteiger partial charge in [0.1, 0.15) is 11.9 Å². The molecule has 0 amide bonds. The van der Waals surface area contributed by atoms with Gasteiger partial charge < -0.3 is 10.1 Å². The average molecular weight is 242 g/mol. The molecule has 0 spiro atoms. The zero-order valence-electron chi connectivity index (χ0n) is 10.6. The van der Waals surface area contributed by atoms with Crippen LogP contribution < -0.4 is 10.1 Å². The summed E-state index contributed by atoms with van der Waals surface area (Å²) in [6, 6.07) is 9.89. The Kier molecular flexibility index (Phi) is 4.31. The summed E-state index contributed by atoms with van der Waals surface area (Å²) in [6.45, 7) is 7.31. The molecule has 1 aromatic heterocycles. The fourth-order valence-electron chi connectivity index (χ4n) is 1.82. The molecule has 1 heterocycles. The molecule has 1 N–H and O–H groups in total. The molecule has 0 bridgehead atoms. The molecule has 0 aliphatic rings. The molecule has 0 radical (unpaired) electrons. The SMILES string of the molecule is C=CCNCC(C)Oc1cccc2ncccc12. The van der Waals surface area contributed by atoms with Gasteiger partial charge in [0.25, 0.3) is 0 Å². The summed E-state index contributed by atoms with van der Waals surface area (Å²) in [4.78, 5) is 4.32. The van der Waals surface area contributed by atoms with E-state index in [4.69, 9.17) is 4.74 Å². The molecule has 2 aromatic rings. The second kappa shape index (κ2) is 6.17. The number of nitrogens with zero attached hydrogens (tertiary/aromatic N) is 1. The topological polar surface area (TPSA) is 34.1 Å². The molecule has 0 aliphatic heterocycles. The van der Waals surface area contributed by atoms with Crippen LogP contribution in [0.1, 0.15) is 6.92 Å². The fraction of sp³-hybridized carbons (Fsp3) is 0.267. The normalized spacial score (nSPS) is 12.3. The molecule has 0 aliphatic carbocycles. The van der Waals surface area contributed by atoms with Crippen molar-refractivity contribution in [3.63, 3.8) is 0 Å². The molecular formula is C15H18N2O. The predicted molar refractivity (Wildman–Crippen MR) is 74.9 cm³/mol. The number of nitrogens with one attached hydrogen (secondary N) is 1. The van der Waals surface area contributed by atoms with E-state index in [0.29, 0.717) is 0 Å². The monoisotopic (exact) mass is 242 g/mol. The highest BCUT2D eigenvalue weighted by Crippen LogP contribution is 2.24. The van der Waals surface area contributed by atoms with Crippen molar-refractivity contribution >= 4 is 10.9 Å². The minimum absolute atomic E-state index is 0.107. The molecular weight excluding hydrogens is 224 g/mol. The summed E-state index contributed by atoms with van der Waals surface area (Å²) in [5.41, 5.74) is 0.959. The maximum atomic E-state index is 5.94. The van der Waals surface area contributed by atoms with Crippen LogP contribution in [0.4, 0.5) is 0 Å². The largest absolute Gasteiger partial charge is 0.489 e. The Bertz CT molecular complexity index is 519. The average Bonchev–Trinajstić information content (AvgIpc) is 2.39. The van der Waals surface area contributed by atoms with Gasteiger partial charge in [-0.05, 0) is 31.2 Å². The molecule has 1 unspecified atom stereocenters. The van der Waals surface area contributed by atoms with E-state index in [1.165, 1.54) is 0 Å². The van der Waals surface area contributed by atoms with Crippen LogP contribution in [-0.4, -0.2) is 24.2 Å². The number of aromatic nitrogens is 1. The van der Waals surface area contributed by atoms with Crippen LogP contribution in [0.3, 0.4) is 0 Å². The second-order valence-electron chi connectivity index (χ2n) is 4.20. The van der Waals surface area contributed by atoms with Gasteiger partial charge in [-0.1, -0.05) is 12.1 Å². The molecule has 18 heavy (non-hydrogen) atoms. The molecule has 0 fully saturated rings. The van der Waals surface area contributed by atoms with Crippen LogP contribution in [0.5, 0.6) is 5.75 Å². The highest BCUT2D eigenvalue weighted by molar-refractivity contribution is 5.84. The van der Waals surface area contributed by atoms with E-state index in [9.17, 15) is 0 Å². The molecule has 94 valence electrons. The Hall–Kier alpha value is -1.87.